The van der Waals surface area contributed by atoms with Crippen LogP contribution in [0, 0.1) is 0 Å². The molecule has 0 heterocycles. The average Bonchev–Trinajstić information content (AvgIpc) is 3.24. The van der Waals surface area contributed by atoms with Crippen LogP contribution in [0.4, 0.5) is 0 Å². The molecule has 10 nitrogen and oxygen atoms in total. The van der Waals surface area contributed by atoms with E-state index in [4.69, 9.17) is 42.6 Å². The largest absolute Gasteiger partial charge is 0.463 e. The van der Waals surface area contributed by atoms with Gasteiger partial charge in [0, 0.05) is 13.0 Å². The van der Waals surface area contributed by atoms with Crippen molar-refractivity contribution in [2.75, 3.05) is 112 Å². The minimum Gasteiger partial charge on any atom is -0.463 e. The molecule has 0 fully saturated rings. The van der Waals surface area contributed by atoms with Gasteiger partial charge in [0.25, 0.3) is 0 Å². The number of esters is 1. The molecule has 0 rings (SSSR count). The molecule has 0 radical (unpaired) electrons. The number of hydrogen-bond donors (Lipinski definition) is 0. The van der Waals surface area contributed by atoms with Gasteiger partial charge in [0.1, 0.15) is 6.61 Å². The predicted molar refractivity (Wildman–Crippen MR) is 243 cm³/mol. The van der Waals surface area contributed by atoms with Crippen molar-refractivity contribution in [3.05, 3.63) is 0 Å². The van der Waals surface area contributed by atoms with Crippen LogP contribution >= 0.6 is 0 Å². The zero-order valence-electron chi connectivity index (χ0n) is 39.1. The summed E-state index contributed by atoms with van der Waals surface area (Å²) in [4.78, 5) is 11.9. The van der Waals surface area contributed by atoms with Crippen molar-refractivity contribution >= 4 is 5.97 Å². The van der Waals surface area contributed by atoms with Gasteiger partial charge in [-0.15, -0.1) is 0 Å². The van der Waals surface area contributed by atoms with Crippen LogP contribution in [0.3, 0.4) is 0 Å². The quantitative estimate of drug-likeness (QED) is 0.0434. The van der Waals surface area contributed by atoms with Crippen molar-refractivity contribution in [1.82, 2.24) is 0 Å². The first-order valence-electron chi connectivity index (χ1n) is 25.1. The molecule has 0 aliphatic rings. The number of rotatable bonds is 54. The van der Waals surface area contributed by atoms with Gasteiger partial charge in [-0.05, 0) is 12.8 Å². The van der Waals surface area contributed by atoms with Gasteiger partial charge in [-0.2, -0.15) is 0 Å². The topological polar surface area (TPSA) is 100 Å². The average molecular weight is 847 g/mol. The first-order chi connectivity index (χ1) is 29.3. The lowest BCUT2D eigenvalue weighted by atomic mass is 10.0. The zero-order chi connectivity index (χ0) is 42.5. The number of carbonyl (C=O) groups excluding carboxylic acids is 1. The predicted octanol–water partition coefficient (Wildman–Crippen LogP) is 12.0. The van der Waals surface area contributed by atoms with Gasteiger partial charge in [-0.1, -0.05) is 181 Å². The Morgan fingerprint density at radius 3 is 0.712 bits per heavy atom. The van der Waals surface area contributed by atoms with E-state index in [-0.39, 0.29) is 5.97 Å². The van der Waals surface area contributed by atoms with E-state index in [1.54, 1.807) is 0 Å². The molecule has 0 spiro atoms. The van der Waals surface area contributed by atoms with Gasteiger partial charge in [-0.25, -0.2) is 0 Å². The maximum absolute atomic E-state index is 11.9. The third-order valence-electron chi connectivity index (χ3n) is 10.5. The number of carbonyl (C=O) groups is 1. The third-order valence-corrected chi connectivity index (χ3v) is 10.5. The fraction of sp³-hybridized carbons (Fsp3) is 0.980. The molecule has 0 aromatic heterocycles. The Balaban J connectivity index is 3.12. The summed E-state index contributed by atoms with van der Waals surface area (Å²) in [5.74, 6) is -0.123. The Hall–Kier alpha value is -0.850. The fourth-order valence-electron chi connectivity index (χ4n) is 6.79. The maximum atomic E-state index is 11.9. The standard InChI is InChI=1S/C49H98O10/c1-3-5-7-9-11-13-15-17-18-19-21-23-25-27-29-31-49(50)59-48-47-58-46-45-57-44-43-56-42-41-55-40-39-54-38-37-53-36-35-52-34-33-51-32-30-28-26-24-22-20-16-14-12-10-8-6-4-2/h3-48H2,1-2H3. The van der Waals surface area contributed by atoms with E-state index in [1.165, 1.54) is 161 Å². The third kappa shape index (κ3) is 55.1. The highest BCUT2D eigenvalue weighted by Crippen LogP contribution is 2.15. The molecular formula is C49H98O10. The summed E-state index contributed by atoms with van der Waals surface area (Å²) in [5, 5.41) is 0. The van der Waals surface area contributed by atoms with E-state index in [1.807, 2.05) is 0 Å². The van der Waals surface area contributed by atoms with Crippen molar-refractivity contribution < 1.29 is 47.4 Å². The van der Waals surface area contributed by atoms with Crippen LogP contribution < -0.4 is 0 Å². The molecule has 0 atom stereocenters. The maximum Gasteiger partial charge on any atom is 0.305 e. The van der Waals surface area contributed by atoms with Crippen molar-refractivity contribution in [3.63, 3.8) is 0 Å². The van der Waals surface area contributed by atoms with Crippen molar-refractivity contribution in [2.45, 2.75) is 200 Å². The summed E-state index contributed by atoms with van der Waals surface area (Å²) in [6.45, 7) is 13.6. The second-order valence-corrected chi connectivity index (χ2v) is 16.1. The normalized spacial score (nSPS) is 11.6. The van der Waals surface area contributed by atoms with E-state index in [0.717, 1.165) is 25.9 Å². The monoisotopic (exact) mass is 847 g/mol. The summed E-state index contributed by atoms with van der Waals surface area (Å²) in [5.41, 5.74) is 0. The van der Waals surface area contributed by atoms with E-state index >= 15 is 0 Å². The second-order valence-electron chi connectivity index (χ2n) is 16.1. The van der Waals surface area contributed by atoms with Gasteiger partial charge in [0.05, 0.1) is 99.1 Å². The SMILES string of the molecule is CCCCCCCCCCCCCCCCCC(=O)OCCOCCOCCOCCOCCOCCOCCOCCOCCCCCCCCCCCCCCC. The van der Waals surface area contributed by atoms with Gasteiger partial charge >= 0.3 is 5.97 Å². The van der Waals surface area contributed by atoms with Crippen LogP contribution in [0.25, 0.3) is 0 Å². The molecule has 0 aliphatic heterocycles. The van der Waals surface area contributed by atoms with Crippen molar-refractivity contribution in [3.8, 4) is 0 Å². The lowest BCUT2D eigenvalue weighted by Crippen LogP contribution is -2.15. The number of unbranched alkanes of at least 4 members (excludes halogenated alkanes) is 26. The lowest BCUT2D eigenvalue weighted by Gasteiger charge is -2.09. The van der Waals surface area contributed by atoms with Gasteiger partial charge in [0.15, 0.2) is 0 Å². The van der Waals surface area contributed by atoms with E-state index in [9.17, 15) is 4.79 Å². The molecule has 59 heavy (non-hydrogen) atoms. The highest BCUT2D eigenvalue weighted by molar-refractivity contribution is 5.69. The lowest BCUT2D eigenvalue weighted by molar-refractivity contribution is -0.145. The number of ether oxygens (including phenoxy) is 9. The minimum atomic E-state index is -0.123. The van der Waals surface area contributed by atoms with Gasteiger partial charge < -0.3 is 42.6 Å². The molecule has 10 heteroatoms. The molecule has 0 saturated heterocycles. The molecule has 0 N–H and O–H groups in total. The Bertz CT molecular complexity index is 758. The molecule has 0 bridgehead atoms. The van der Waals surface area contributed by atoms with Crippen LogP contribution in [0.2, 0.25) is 0 Å². The highest BCUT2D eigenvalue weighted by atomic mass is 16.6. The summed E-state index contributed by atoms with van der Waals surface area (Å²) in [7, 11) is 0. The molecule has 0 saturated carbocycles. The summed E-state index contributed by atoms with van der Waals surface area (Å²) < 4.78 is 49.7. The zero-order valence-corrected chi connectivity index (χ0v) is 39.1. The number of hydrogen-bond acceptors (Lipinski definition) is 10. The van der Waals surface area contributed by atoms with E-state index in [0.29, 0.717) is 112 Å². The first-order valence-corrected chi connectivity index (χ1v) is 25.1. The highest BCUT2D eigenvalue weighted by Gasteiger charge is 2.03. The molecule has 0 aliphatic carbocycles. The van der Waals surface area contributed by atoms with Crippen LogP contribution in [-0.2, 0) is 47.4 Å². The second kappa shape index (κ2) is 55.2. The van der Waals surface area contributed by atoms with Crippen LogP contribution in [-0.4, -0.2) is 118 Å². The Morgan fingerprint density at radius 1 is 0.237 bits per heavy atom. The minimum absolute atomic E-state index is 0.123. The first kappa shape index (κ1) is 58.1. The molecule has 0 aromatic rings. The molecular weight excluding hydrogens is 749 g/mol. The van der Waals surface area contributed by atoms with E-state index < -0.39 is 0 Å². The fourth-order valence-corrected chi connectivity index (χ4v) is 6.79. The van der Waals surface area contributed by atoms with Crippen LogP contribution in [0.15, 0.2) is 0 Å². The summed E-state index contributed by atoms with van der Waals surface area (Å²) in [6, 6.07) is 0. The van der Waals surface area contributed by atoms with Gasteiger partial charge in [-0.3, -0.25) is 4.79 Å². The van der Waals surface area contributed by atoms with Crippen molar-refractivity contribution in [2.24, 2.45) is 0 Å². The Morgan fingerprint density at radius 2 is 0.441 bits per heavy atom. The van der Waals surface area contributed by atoms with Gasteiger partial charge in [0.2, 0.25) is 0 Å². The molecule has 0 aromatic carbocycles. The van der Waals surface area contributed by atoms with Crippen LogP contribution in [0.5, 0.6) is 0 Å². The van der Waals surface area contributed by atoms with Crippen molar-refractivity contribution in [1.29, 1.82) is 0 Å². The Labute approximate surface area is 364 Å². The Kier molecular flexibility index (Phi) is 54.4. The molecule has 354 valence electrons. The summed E-state index contributed by atoms with van der Waals surface area (Å²) in [6.07, 6.45) is 38.1. The van der Waals surface area contributed by atoms with Crippen LogP contribution in [0.1, 0.15) is 200 Å². The summed E-state index contributed by atoms with van der Waals surface area (Å²) >= 11 is 0. The smallest absolute Gasteiger partial charge is 0.305 e. The molecule has 0 unspecified atom stereocenters. The molecule has 0 amide bonds. The van der Waals surface area contributed by atoms with E-state index in [2.05, 4.69) is 13.8 Å².